The van der Waals surface area contributed by atoms with Crippen LogP contribution in [0.1, 0.15) is 48.4 Å². The summed E-state index contributed by atoms with van der Waals surface area (Å²) in [6.45, 7) is 4.83. The van der Waals surface area contributed by atoms with Gasteiger partial charge in [-0.05, 0) is 29.7 Å². The number of nitrogens with one attached hydrogen (secondary N) is 1. The van der Waals surface area contributed by atoms with Gasteiger partial charge in [-0.25, -0.2) is 0 Å². The van der Waals surface area contributed by atoms with Crippen LogP contribution in [0.2, 0.25) is 0 Å². The molecule has 2 aromatic carbocycles. The summed E-state index contributed by atoms with van der Waals surface area (Å²) in [6, 6.07) is 14.7. The van der Waals surface area contributed by atoms with Gasteiger partial charge in [0, 0.05) is 19.6 Å². The van der Waals surface area contributed by atoms with E-state index in [4.69, 9.17) is 4.74 Å². The predicted octanol–water partition coefficient (Wildman–Crippen LogP) is 4.78. The maximum atomic E-state index is 13.0. The zero-order valence-corrected chi connectivity index (χ0v) is 17.7. The van der Waals surface area contributed by atoms with E-state index in [2.05, 4.69) is 10.2 Å². The molecule has 2 aromatic rings. The molecule has 1 saturated heterocycles. The van der Waals surface area contributed by atoms with Crippen LogP contribution in [0.25, 0.3) is 0 Å². The topological polar surface area (TPSA) is 41.6 Å². The predicted molar refractivity (Wildman–Crippen MR) is 114 cm³/mol. The summed E-state index contributed by atoms with van der Waals surface area (Å²) in [6.07, 6.45) is -2.76. The second-order valence-corrected chi connectivity index (χ2v) is 7.78. The lowest BCUT2D eigenvalue weighted by Crippen LogP contribution is -2.44. The van der Waals surface area contributed by atoms with Crippen LogP contribution in [0.15, 0.2) is 54.6 Å². The highest BCUT2D eigenvalue weighted by Gasteiger charge is 2.31. The molecule has 0 spiro atoms. The van der Waals surface area contributed by atoms with Crippen molar-refractivity contribution in [3.63, 3.8) is 0 Å². The largest absolute Gasteiger partial charge is 0.416 e. The normalized spacial score (nSPS) is 17.2. The van der Waals surface area contributed by atoms with Crippen molar-refractivity contribution in [3.05, 3.63) is 71.3 Å². The Kier molecular flexibility index (Phi) is 8.09. The highest BCUT2D eigenvalue weighted by Crippen LogP contribution is 2.31. The Bertz CT molecular complexity index is 819. The van der Waals surface area contributed by atoms with E-state index in [0.29, 0.717) is 32.8 Å². The molecule has 1 heterocycles. The van der Waals surface area contributed by atoms with Gasteiger partial charge in [-0.1, -0.05) is 55.8 Å². The molecule has 1 aliphatic rings. The third-order valence-corrected chi connectivity index (χ3v) is 5.67. The van der Waals surface area contributed by atoms with Crippen molar-refractivity contribution in [3.8, 4) is 0 Å². The zero-order valence-electron chi connectivity index (χ0n) is 17.7. The Morgan fingerprint density at radius 1 is 1.03 bits per heavy atom. The molecule has 2 unspecified atom stereocenters. The van der Waals surface area contributed by atoms with Crippen LogP contribution in [0, 0.1) is 0 Å². The van der Waals surface area contributed by atoms with Gasteiger partial charge in [-0.2, -0.15) is 13.2 Å². The van der Waals surface area contributed by atoms with Gasteiger partial charge in [0.25, 0.3) is 0 Å². The van der Waals surface area contributed by atoms with E-state index in [0.717, 1.165) is 36.1 Å². The molecule has 1 amide bonds. The zero-order chi connectivity index (χ0) is 22.3. The smallest absolute Gasteiger partial charge is 0.379 e. The molecule has 31 heavy (non-hydrogen) atoms. The molecular formula is C24H29F3N2O2. The number of carbonyl (C=O) groups is 1. The fourth-order valence-corrected chi connectivity index (χ4v) is 3.98. The molecule has 1 N–H and O–H groups in total. The molecule has 7 heteroatoms. The number of rotatable bonds is 8. The standard InChI is InChI=1S/C24H29F3N2O2/c1-2-6-21(18-7-4-3-5-8-18)23(30)28-17-22(29-13-15-31-16-14-29)19-9-11-20(12-10-19)24(25,26)27/h3-5,7-12,21-22H,2,6,13-17H2,1H3,(H,28,30). The maximum absolute atomic E-state index is 13.0. The second kappa shape index (κ2) is 10.8. The quantitative estimate of drug-likeness (QED) is 0.650. The minimum absolute atomic E-state index is 0.0572. The van der Waals surface area contributed by atoms with E-state index >= 15 is 0 Å². The van der Waals surface area contributed by atoms with Gasteiger partial charge in [0.05, 0.1) is 30.7 Å². The lowest BCUT2D eigenvalue weighted by molar-refractivity contribution is -0.137. The molecule has 4 nitrogen and oxygen atoms in total. The summed E-state index contributed by atoms with van der Waals surface area (Å²) in [4.78, 5) is 15.2. The number of halogens is 3. The fraction of sp³-hybridized carbons (Fsp3) is 0.458. The molecule has 1 fully saturated rings. The summed E-state index contributed by atoms with van der Waals surface area (Å²) in [5.74, 6) is -0.303. The van der Waals surface area contributed by atoms with E-state index in [-0.39, 0.29) is 17.9 Å². The molecule has 0 bridgehead atoms. The summed E-state index contributed by atoms with van der Waals surface area (Å²) >= 11 is 0. The van der Waals surface area contributed by atoms with Crippen LogP contribution in [0.3, 0.4) is 0 Å². The van der Waals surface area contributed by atoms with Gasteiger partial charge in [0.1, 0.15) is 0 Å². The second-order valence-electron chi connectivity index (χ2n) is 7.78. The Balaban J connectivity index is 1.76. The summed E-state index contributed by atoms with van der Waals surface area (Å²) < 4.78 is 44.3. The van der Waals surface area contributed by atoms with Gasteiger partial charge in [0.2, 0.25) is 5.91 Å². The molecule has 1 aliphatic heterocycles. The van der Waals surface area contributed by atoms with Crippen molar-refractivity contribution in [2.45, 2.75) is 37.9 Å². The summed E-state index contributed by atoms with van der Waals surface area (Å²) in [7, 11) is 0. The summed E-state index contributed by atoms with van der Waals surface area (Å²) in [5, 5.41) is 3.06. The average Bonchev–Trinajstić information content (AvgIpc) is 2.78. The highest BCUT2D eigenvalue weighted by atomic mass is 19.4. The van der Waals surface area contributed by atoms with E-state index in [1.54, 1.807) is 0 Å². The number of morpholine rings is 1. The molecule has 0 saturated carbocycles. The van der Waals surface area contributed by atoms with E-state index in [1.807, 2.05) is 37.3 Å². The van der Waals surface area contributed by atoms with Crippen molar-refractivity contribution in [1.29, 1.82) is 0 Å². The number of ether oxygens (including phenoxy) is 1. The van der Waals surface area contributed by atoms with Gasteiger partial charge in [-0.3, -0.25) is 9.69 Å². The third-order valence-electron chi connectivity index (χ3n) is 5.67. The molecule has 0 radical (unpaired) electrons. The number of carbonyl (C=O) groups excluding carboxylic acids is 1. The van der Waals surface area contributed by atoms with Crippen LogP contribution in [0.4, 0.5) is 13.2 Å². The summed E-state index contributed by atoms with van der Waals surface area (Å²) in [5.41, 5.74) is 1.05. The van der Waals surface area contributed by atoms with Crippen LogP contribution in [-0.4, -0.2) is 43.7 Å². The molecule has 3 rings (SSSR count). The first-order valence-electron chi connectivity index (χ1n) is 10.7. The number of hydrogen-bond acceptors (Lipinski definition) is 3. The van der Waals surface area contributed by atoms with Crippen LogP contribution in [-0.2, 0) is 15.7 Å². The lowest BCUT2D eigenvalue weighted by Gasteiger charge is -2.35. The Labute approximate surface area is 181 Å². The number of amides is 1. The van der Waals surface area contributed by atoms with E-state index in [1.165, 1.54) is 12.1 Å². The first kappa shape index (κ1) is 23.3. The van der Waals surface area contributed by atoms with E-state index in [9.17, 15) is 18.0 Å². The Morgan fingerprint density at radius 3 is 2.26 bits per heavy atom. The monoisotopic (exact) mass is 434 g/mol. The number of benzene rings is 2. The van der Waals surface area contributed by atoms with Crippen LogP contribution >= 0.6 is 0 Å². The van der Waals surface area contributed by atoms with Gasteiger partial charge in [-0.15, -0.1) is 0 Å². The van der Waals surface area contributed by atoms with Crippen LogP contribution in [0.5, 0.6) is 0 Å². The van der Waals surface area contributed by atoms with Gasteiger partial charge >= 0.3 is 6.18 Å². The number of nitrogens with zero attached hydrogens (tertiary/aromatic N) is 1. The van der Waals surface area contributed by atoms with Crippen LogP contribution < -0.4 is 5.32 Å². The molecular weight excluding hydrogens is 405 g/mol. The van der Waals surface area contributed by atoms with E-state index < -0.39 is 11.7 Å². The SMILES string of the molecule is CCCC(C(=O)NCC(c1ccc(C(F)(F)F)cc1)N1CCOCC1)c1ccccc1. The van der Waals surface area contributed by atoms with Crippen molar-refractivity contribution < 1.29 is 22.7 Å². The van der Waals surface area contributed by atoms with Crippen molar-refractivity contribution in [2.24, 2.45) is 0 Å². The molecule has 168 valence electrons. The number of hydrogen-bond donors (Lipinski definition) is 1. The highest BCUT2D eigenvalue weighted by molar-refractivity contribution is 5.83. The maximum Gasteiger partial charge on any atom is 0.416 e. The fourth-order valence-electron chi connectivity index (χ4n) is 3.98. The average molecular weight is 435 g/mol. The lowest BCUT2D eigenvalue weighted by atomic mass is 9.93. The Hall–Kier alpha value is -2.38. The molecule has 2 atom stereocenters. The molecule has 0 aliphatic carbocycles. The number of alkyl halides is 3. The van der Waals surface area contributed by atoms with Crippen molar-refractivity contribution in [2.75, 3.05) is 32.8 Å². The van der Waals surface area contributed by atoms with Gasteiger partial charge < -0.3 is 10.1 Å². The Morgan fingerprint density at radius 2 is 1.68 bits per heavy atom. The third kappa shape index (κ3) is 6.31. The first-order chi connectivity index (χ1) is 14.9. The van der Waals surface area contributed by atoms with Gasteiger partial charge in [0.15, 0.2) is 0 Å². The minimum atomic E-state index is -4.37. The first-order valence-corrected chi connectivity index (χ1v) is 10.7. The minimum Gasteiger partial charge on any atom is -0.379 e. The molecule has 0 aromatic heterocycles. The van der Waals surface area contributed by atoms with Crippen molar-refractivity contribution in [1.82, 2.24) is 10.2 Å². The van der Waals surface area contributed by atoms with Crippen molar-refractivity contribution >= 4 is 5.91 Å².